The van der Waals surface area contributed by atoms with Gasteiger partial charge in [-0.3, -0.25) is 4.79 Å². The molecule has 4 nitrogen and oxygen atoms in total. The zero-order valence-electron chi connectivity index (χ0n) is 9.87. The minimum atomic E-state index is -0.775. The molecule has 1 atom stereocenters. The fourth-order valence-corrected chi connectivity index (χ4v) is 1.78. The zero-order chi connectivity index (χ0) is 12.8. The van der Waals surface area contributed by atoms with E-state index in [1.807, 2.05) is 25.1 Å². The molecule has 0 aliphatic rings. The van der Waals surface area contributed by atoms with Gasteiger partial charge >= 0.3 is 5.97 Å². The van der Waals surface area contributed by atoms with Crippen LogP contribution in [0.3, 0.4) is 0 Å². The number of nitrogens with one attached hydrogen (secondary N) is 1. The fourth-order valence-electron chi connectivity index (χ4n) is 1.42. The van der Waals surface area contributed by atoms with Gasteiger partial charge in [0.1, 0.15) is 5.75 Å². The zero-order valence-corrected chi connectivity index (χ0v) is 11.5. The van der Waals surface area contributed by atoms with Crippen LogP contribution in [0, 0.1) is 0 Å². The lowest BCUT2D eigenvalue weighted by Gasteiger charge is -2.16. The summed E-state index contributed by atoms with van der Waals surface area (Å²) in [6.07, 6.45) is 0.745. The van der Waals surface area contributed by atoms with Gasteiger partial charge in [0.05, 0.1) is 12.8 Å². The molecular formula is C12H16BrNO3. The Morgan fingerprint density at radius 2 is 2.29 bits per heavy atom. The molecule has 0 aliphatic carbocycles. The van der Waals surface area contributed by atoms with Crippen LogP contribution in [0.2, 0.25) is 0 Å². The number of anilines is 1. The maximum absolute atomic E-state index is 10.5. The largest absolute Gasteiger partial charge is 0.497 e. The Balaban J connectivity index is 2.63. The third-order valence-electron chi connectivity index (χ3n) is 2.37. The minimum absolute atomic E-state index is 0.0921. The third-order valence-corrected chi connectivity index (χ3v) is 3.06. The molecule has 0 heterocycles. The molecule has 0 saturated carbocycles. The van der Waals surface area contributed by atoms with E-state index in [4.69, 9.17) is 9.84 Å². The molecule has 1 aromatic rings. The Kier molecular flexibility index (Phi) is 5.28. The number of methoxy groups -OCH3 is 1. The number of hydrogen-bond acceptors (Lipinski definition) is 3. The summed E-state index contributed by atoms with van der Waals surface area (Å²) in [4.78, 5) is 10.5. The standard InChI is InChI=1S/C12H16BrNO3/c1-8(3-6-12(15)16)14-11-7-9(17-2)4-5-10(11)13/h4-5,7-8,14H,3,6H2,1-2H3,(H,15,16). The van der Waals surface area contributed by atoms with Gasteiger partial charge in [-0.25, -0.2) is 0 Å². The minimum Gasteiger partial charge on any atom is -0.497 e. The molecule has 0 aromatic heterocycles. The normalized spacial score (nSPS) is 11.9. The van der Waals surface area contributed by atoms with Gasteiger partial charge in [-0.2, -0.15) is 0 Å². The number of carboxylic acid groups (broad SMARTS) is 1. The Bertz CT molecular complexity index is 395. The summed E-state index contributed by atoms with van der Waals surface area (Å²) in [5.41, 5.74) is 0.905. The number of benzene rings is 1. The molecule has 1 unspecified atom stereocenters. The summed E-state index contributed by atoms with van der Waals surface area (Å²) in [5, 5.41) is 11.9. The molecule has 0 spiro atoms. The molecule has 0 bridgehead atoms. The van der Waals surface area contributed by atoms with Gasteiger partial charge in [-0.1, -0.05) is 0 Å². The number of aliphatic carboxylic acids is 1. The molecule has 1 rings (SSSR count). The van der Waals surface area contributed by atoms with E-state index < -0.39 is 5.97 Å². The lowest BCUT2D eigenvalue weighted by molar-refractivity contribution is -0.137. The summed E-state index contributed by atoms with van der Waals surface area (Å²) in [6, 6.07) is 5.72. The number of carbonyl (C=O) groups is 1. The summed E-state index contributed by atoms with van der Waals surface area (Å²) in [6.45, 7) is 1.95. The number of hydrogen-bond donors (Lipinski definition) is 2. The van der Waals surface area contributed by atoms with E-state index in [1.54, 1.807) is 7.11 Å². The van der Waals surface area contributed by atoms with E-state index in [2.05, 4.69) is 21.2 Å². The van der Waals surface area contributed by atoms with Gasteiger partial charge in [-0.05, 0) is 41.4 Å². The predicted molar refractivity (Wildman–Crippen MR) is 70.6 cm³/mol. The number of carboxylic acids is 1. The highest BCUT2D eigenvalue weighted by molar-refractivity contribution is 9.10. The van der Waals surface area contributed by atoms with Crippen LogP contribution in [0.1, 0.15) is 19.8 Å². The van der Waals surface area contributed by atoms with E-state index in [-0.39, 0.29) is 12.5 Å². The molecule has 0 fully saturated rings. The van der Waals surface area contributed by atoms with Crippen molar-refractivity contribution in [2.75, 3.05) is 12.4 Å². The first-order chi connectivity index (χ1) is 8.02. The van der Waals surface area contributed by atoms with Gasteiger partial charge in [0.2, 0.25) is 0 Å². The van der Waals surface area contributed by atoms with Crippen LogP contribution in [-0.2, 0) is 4.79 Å². The summed E-state index contributed by atoms with van der Waals surface area (Å²) < 4.78 is 6.07. The van der Waals surface area contributed by atoms with E-state index in [9.17, 15) is 4.79 Å². The molecule has 0 saturated heterocycles. The van der Waals surface area contributed by atoms with E-state index in [0.717, 1.165) is 15.9 Å². The first-order valence-electron chi connectivity index (χ1n) is 5.34. The smallest absolute Gasteiger partial charge is 0.303 e. The van der Waals surface area contributed by atoms with E-state index in [0.29, 0.717) is 6.42 Å². The van der Waals surface area contributed by atoms with Crippen LogP contribution in [-0.4, -0.2) is 24.2 Å². The molecule has 17 heavy (non-hydrogen) atoms. The lowest BCUT2D eigenvalue weighted by atomic mass is 10.1. The monoisotopic (exact) mass is 301 g/mol. The van der Waals surface area contributed by atoms with Crippen molar-refractivity contribution in [3.05, 3.63) is 22.7 Å². The maximum atomic E-state index is 10.5. The topological polar surface area (TPSA) is 58.6 Å². The molecule has 94 valence electrons. The second-order valence-electron chi connectivity index (χ2n) is 3.82. The lowest BCUT2D eigenvalue weighted by Crippen LogP contribution is -2.16. The van der Waals surface area contributed by atoms with Crippen LogP contribution in [0.5, 0.6) is 5.75 Å². The van der Waals surface area contributed by atoms with Crippen LogP contribution < -0.4 is 10.1 Å². The SMILES string of the molecule is COc1ccc(Br)c(NC(C)CCC(=O)O)c1. The van der Waals surface area contributed by atoms with Gasteiger partial charge in [0, 0.05) is 23.0 Å². The van der Waals surface area contributed by atoms with Gasteiger partial charge in [-0.15, -0.1) is 0 Å². The summed E-state index contributed by atoms with van der Waals surface area (Å²) >= 11 is 3.43. The van der Waals surface area contributed by atoms with Gasteiger partial charge < -0.3 is 15.2 Å². The molecule has 1 aromatic carbocycles. The molecule has 5 heteroatoms. The Labute approximate surface area is 109 Å². The quantitative estimate of drug-likeness (QED) is 0.847. The highest BCUT2D eigenvalue weighted by atomic mass is 79.9. The van der Waals surface area contributed by atoms with Crippen molar-refractivity contribution in [1.29, 1.82) is 0 Å². The van der Waals surface area contributed by atoms with Crippen LogP contribution >= 0.6 is 15.9 Å². The summed E-state index contributed by atoms with van der Waals surface area (Å²) in [5.74, 6) is -0.00973. The molecular weight excluding hydrogens is 286 g/mol. The van der Waals surface area contributed by atoms with Crippen LogP contribution in [0.15, 0.2) is 22.7 Å². The first-order valence-corrected chi connectivity index (χ1v) is 6.14. The predicted octanol–water partition coefficient (Wildman–Crippen LogP) is 3.12. The second-order valence-corrected chi connectivity index (χ2v) is 4.68. The Hall–Kier alpha value is -1.23. The number of halogens is 1. The average Bonchev–Trinajstić information content (AvgIpc) is 2.29. The van der Waals surface area contributed by atoms with Crippen molar-refractivity contribution in [2.24, 2.45) is 0 Å². The molecule has 2 N–H and O–H groups in total. The van der Waals surface area contributed by atoms with Gasteiger partial charge in [0.25, 0.3) is 0 Å². The van der Waals surface area contributed by atoms with Crippen molar-refractivity contribution < 1.29 is 14.6 Å². The Morgan fingerprint density at radius 3 is 2.88 bits per heavy atom. The van der Waals surface area contributed by atoms with E-state index in [1.165, 1.54) is 0 Å². The second kappa shape index (κ2) is 6.49. The maximum Gasteiger partial charge on any atom is 0.303 e. The highest BCUT2D eigenvalue weighted by Crippen LogP contribution is 2.28. The Morgan fingerprint density at radius 1 is 1.59 bits per heavy atom. The average molecular weight is 302 g/mol. The highest BCUT2D eigenvalue weighted by Gasteiger charge is 2.08. The van der Waals surface area contributed by atoms with Crippen LogP contribution in [0.25, 0.3) is 0 Å². The number of rotatable bonds is 6. The van der Waals surface area contributed by atoms with Crippen LogP contribution in [0.4, 0.5) is 5.69 Å². The van der Waals surface area contributed by atoms with Crippen molar-refractivity contribution in [3.63, 3.8) is 0 Å². The van der Waals surface area contributed by atoms with Crippen molar-refractivity contribution in [3.8, 4) is 5.75 Å². The molecule has 0 amide bonds. The van der Waals surface area contributed by atoms with E-state index >= 15 is 0 Å². The third kappa shape index (κ3) is 4.65. The fraction of sp³-hybridized carbons (Fsp3) is 0.417. The summed E-state index contributed by atoms with van der Waals surface area (Å²) in [7, 11) is 1.61. The molecule has 0 aliphatic heterocycles. The van der Waals surface area contributed by atoms with Gasteiger partial charge in [0.15, 0.2) is 0 Å². The first kappa shape index (κ1) is 13.8. The van der Waals surface area contributed by atoms with Crippen molar-refractivity contribution in [2.45, 2.75) is 25.8 Å². The van der Waals surface area contributed by atoms with Crippen molar-refractivity contribution >= 4 is 27.6 Å². The number of ether oxygens (including phenoxy) is 1. The van der Waals surface area contributed by atoms with Crippen molar-refractivity contribution in [1.82, 2.24) is 0 Å². The molecule has 0 radical (unpaired) electrons.